The first-order chi connectivity index (χ1) is 8.36. The van der Waals surface area contributed by atoms with Crippen LogP contribution in [0.3, 0.4) is 0 Å². The first-order valence-electron chi connectivity index (χ1n) is 5.08. The molecular formula is C10H10F3N3OS. The molecule has 1 unspecified atom stereocenters. The zero-order valence-corrected chi connectivity index (χ0v) is 10.2. The van der Waals surface area contributed by atoms with Crippen molar-refractivity contribution in [3.63, 3.8) is 0 Å². The van der Waals surface area contributed by atoms with Crippen LogP contribution in [0.1, 0.15) is 11.6 Å². The maximum atomic E-state index is 12.7. The largest absolute Gasteiger partial charge is 0.410 e. The SMILES string of the molecule is Cc1csc2c(=O)n(C(CN)C(F)(F)F)cnc12. The lowest BCUT2D eigenvalue weighted by Crippen LogP contribution is -2.38. The minimum Gasteiger partial charge on any atom is -0.328 e. The van der Waals surface area contributed by atoms with Crippen molar-refractivity contribution in [2.24, 2.45) is 5.73 Å². The molecular weight excluding hydrogens is 267 g/mol. The van der Waals surface area contributed by atoms with Gasteiger partial charge in [0.05, 0.1) is 11.8 Å². The second kappa shape index (κ2) is 4.36. The standard InChI is InChI=1S/C10H10F3N3OS/c1-5-3-18-8-7(5)15-4-16(9(8)17)6(2-14)10(11,12)13/h3-4,6H,2,14H2,1H3. The molecule has 0 radical (unpaired) electrons. The highest BCUT2D eigenvalue weighted by molar-refractivity contribution is 7.17. The zero-order chi connectivity index (χ0) is 13.5. The van der Waals surface area contributed by atoms with Crippen molar-refractivity contribution in [2.75, 3.05) is 6.54 Å². The summed E-state index contributed by atoms with van der Waals surface area (Å²) in [5, 5.41) is 1.69. The van der Waals surface area contributed by atoms with Crippen molar-refractivity contribution in [1.29, 1.82) is 0 Å². The molecule has 2 aromatic heterocycles. The predicted molar refractivity (Wildman–Crippen MR) is 62.8 cm³/mol. The average Bonchev–Trinajstić information content (AvgIpc) is 2.64. The van der Waals surface area contributed by atoms with Gasteiger partial charge in [-0.2, -0.15) is 13.2 Å². The van der Waals surface area contributed by atoms with Gasteiger partial charge in [0.25, 0.3) is 5.56 Å². The smallest absolute Gasteiger partial charge is 0.328 e. The van der Waals surface area contributed by atoms with Crippen LogP contribution in [0.15, 0.2) is 16.5 Å². The summed E-state index contributed by atoms with van der Waals surface area (Å²) in [6.07, 6.45) is -3.66. The number of halogens is 3. The number of nitrogens with zero attached hydrogens (tertiary/aromatic N) is 2. The molecule has 0 amide bonds. The summed E-state index contributed by atoms with van der Waals surface area (Å²) < 4.78 is 39.0. The van der Waals surface area contributed by atoms with Gasteiger partial charge in [-0.05, 0) is 17.9 Å². The number of fused-ring (bicyclic) bond motifs is 1. The Kier molecular flexibility index (Phi) is 3.16. The topological polar surface area (TPSA) is 60.9 Å². The number of aromatic nitrogens is 2. The van der Waals surface area contributed by atoms with Crippen molar-refractivity contribution in [3.05, 3.63) is 27.6 Å². The highest BCUT2D eigenvalue weighted by atomic mass is 32.1. The molecule has 0 saturated carbocycles. The Morgan fingerprint density at radius 3 is 2.78 bits per heavy atom. The molecule has 0 aromatic carbocycles. The van der Waals surface area contributed by atoms with Crippen LogP contribution < -0.4 is 11.3 Å². The summed E-state index contributed by atoms with van der Waals surface area (Å²) in [6.45, 7) is 1.06. The molecule has 1 atom stereocenters. The molecule has 4 nitrogen and oxygen atoms in total. The number of thiophene rings is 1. The molecule has 18 heavy (non-hydrogen) atoms. The molecule has 2 rings (SSSR count). The van der Waals surface area contributed by atoms with Crippen molar-refractivity contribution in [3.8, 4) is 0 Å². The van der Waals surface area contributed by atoms with Gasteiger partial charge >= 0.3 is 6.18 Å². The molecule has 2 heterocycles. The number of aryl methyl sites for hydroxylation is 1. The first kappa shape index (κ1) is 13.0. The van der Waals surface area contributed by atoms with E-state index in [4.69, 9.17) is 5.73 Å². The Morgan fingerprint density at radius 2 is 2.22 bits per heavy atom. The first-order valence-corrected chi connectivity index (χ1v) is 5.96. The number of alkyl halides is 3. The molecule has 0 aliphatic rings. The fraction of sp³-hybridized carbons (Fsp3) is 0.400. The van der Waals surface area contributed by atoms with E-state index in [-0.39, 0.29) is 4.70 Å². The molecule has 0 aliphatic heterocycles. The summed E-state index contributed by atoms with van der Waals surface area (Å²) in [5.74, 6) is 0. The van der Waals surface area contributed by atoms with E-state index in [1.165, 1.54) is 0 Å². The van der Waals surface area contributed by atoms with Crippen LogP contribution >= 0.6 is 11.3 Å². The van der Waals surface area contributed by atoms with Crippen LogP contribution in [0.25, 0.3) is 10.2 Å². The number of rotatable bonds is 2. The minimum atomic E-state index is -4.57. The Hall–Kier alpha value is -1.41. The second-order valence-electron chi connectivity index (χ2n) is 3.85. The van der Waals surface area contributed by atoms with Gasteiger partial charge in [-0.15, -0.1) is 11.3 Å². The Balaban J connectivity index is 2.66. The second-order valence-corrected chi connectivity index (χ2v) is 4.73. The number of nitrogens with two attached hydrogens (primary N) is 1. The summed E-state index contributed by atoms with van der Waals surface area (Å²) in [7, 11) is 0. The molecule has 0 bridgehead atoms. The molecule has 8 heteroatoms. The van der Waals surface area contributed by atoms with Crippen molar-refractivity contribution in [1.82, 2.24) is 9.55 Å². The van der Waals surface area contributed by atoms with E-state index < -0.39 is 24.3 Å². The van der Waals surface area contributed by atoms with Crippen LogP contribution in [0.5, 0.6) is 0 Å². The van der Waals surface area contributed by atoms with Gasteiger partial charge in [-0.25, -0.2) is 4.98 Å². The summed E-state index contributed by atoms with van der Waals surface area (Å²) in [6, 6.07) is -2.04. The predicted octanol–water partition coefficient (Wildman–Crippen LogP) is 1.83. The van der Waals surface area contributed by atoms with Crippen LogP contribution in [0, 0.1) is 6.92 Å². The fourth-order valence-corrected chi connectivity index (χ4v) is 2.60. The summed E-state index contributed by atoms with van der Waals surface area (Å²) >= 11 is 1.09. The Morgan fingerprint density at radius 1 is 1.56 bits per heavy atom. The summed E-state index contributed by atoms with van der Waals surface area (Å²) in [4.78, 5) is 15.9. The minimum absolute atomic E-state index is 0.220. The normalized spacial score (nSPS) is 14.1. The van der Waals surface area contributed by atoms with Gasteiger partial charge in [0.1, 0.15) is 10.7 Å². The van der Waals surface area contributed by atoms with Gasteiger partial charge in [-0.3, -0.25) is 9.36 Å². The van der Waals surface area contributed by atoms with Crippen molar-refractivity contribution in [2.45, 2.75) is 19.1 Å². The van der Waals surface area contributed by atoms with Crippen molar-refractivity contribution >= 4 is 21.6 Å². The van der Waals surface area contributed by atoms with E-state index >= 15 is 0 Å². The maximum absolute atomic E-state index is 12.7. The van der Waals surface area contributed by atoms with E-state index in [1.807, 2.05) is 0 Å². The third kappa shape index (κ3) is 2.01. The van der Waals surface area contributed by atoms with Crippen LogP contribution in [-0.2, 0) is 0 Å². The summed E-state index contributed by atoms with van der Waals surface area (Å²) in [5.41, 5.74) is 5.62. The maximum Gasteiger partial charge on any atom is 0.410 e. The Bertz CT molecular complexity index is 631. The third-order valence-electron chi connectivity index (χ3n) is 2.62. The van der Waals surface area contributed by atoms with Crippen LogP contribution in [-0.4, -0.2) is 22.3 Å². The quantitative estimate of drug-likeness (QED) is 0.911. The molecule has 0 saturated heterocycles. The van der Waals surface area contributed by atoms with E-state index in [9.17, 15) is 18.0 Å². The Labute approximate surface area is 104 Å². The van der Waals surface area contributed by atoms with Crippen LogP contribution in [0.2, 0.25) is 0 Å². The third-order valence-corrected chi connectivity index (χ3v) is 3.69. The molecule has 2 N–H and O–H groups in total. The van der Waals surface area contributed by atoms with E-state index in [0.29, 0.717) is 10.1 Å². The lowest BCUT2D eigenvalue weighted by atomic mass is 10.2. The highest BCUT2D eigenvalue weighted by Crippen LogP contribution is 2.29. The molecule has 0 spiro atoms. The molecule has 98 valence electrons. The van der Waals surface area contributed by atoms with Crippen LogP contribution in [0.4, 0.5) is 13.2 Å². The molecule has 2 aromatic rings. The molecule has 0 aliphatic carbocycles. The van der Waals surface area contributed by atoms with Gasteiger partial charge in [0.15, 0.2) is 0 Å². The zero-order valence-electron chi connectivity index (χ0n) is 9.36. The van der Waals surface area contributed by atoms with E-state index in [0.717, 1.165) is 23.2 Å². The van der Waals surface area contributed by atoms with Gasteiger partial charge in [0, 0.05) is 6.54 Å². The van der Waals surface area contributed by atoms with Gasteiger partial charge in [0.2, 0.25) is 0 Å². The number of hydrogen-bond acceptors (Lipinski definition) is 4. The van der Waals surface area contributed by atoms with Crippen molar-refractivity contribution < 1.29 is 13.2 Å². The average molecular weight is 277 g/mol. The molecule has 0 fully saturated rings. The number of hydrogen-bond donors (Lipinski definition) is 1. The lowest BCUT2D eigenvalue weighted by molar-refractivity contribution is -0.165. The van der Waals surface area contributed by atoms with E-state index in [2.05, 4.69) is 4.98 Å². The monoisotopic (exact) mass is 277 g/mol. The van der Waals surface area contributed by atoms with Gasteiger partial charge in [-0.1, -0.05) is 0 Å². The van der Waals surface area contributed by atoms with Gasteiger partial charge < -0.3 is 5.73 Å². The lowest BCUT2D eigenvalue weighted by Gasteiger charge is -2.20. The highest BCUT2D eigenvalue weighted by Gasteiger charge is 2.40. The fourth-order valence-electron chi connectivity index (χ4n) is 1.67. The van der Waals surface area contributed by atoms with E-state index in [1.54, 1.807) is 12.3 Å².